The minimum Gasteiger partial charge on any atom is -0.354 e. The second-order valence-electron chi connectivity index (χ2n) is 10.7. The fraction of sp³-hybridized carbons (Fsp3) is 0.257. The number of halogens is 2. The van der Waals surface area contributed by atoms with E-state index in [0.29, 0.717) is 27.8 Å². The molecule has 4 aromatic rings. The summed E-state index contributed by atoms with van der Waals surface area (Å²) in [7, 11) is -4.18. The zero-order valence-electron chi connectivity index (χ0n) is 25.3. The molecular weight excluding hydrogens is 629 g/mol. The van der Waals surface area contributed by atoms with Gasteiger partial charge in [-0.25, -0.2) is 8.42 Å². The number of nitrogens with zero attached hydrogens (tertiary/aromatic N) is 2. The topological polar surface area (TPSA) is 86.8 Å². The van der Waals surface area contributed by atoms with Crippen LogP contribution in [0, 0.1) is 6.92 Å². The molecule has 4 rings (SSSR count). The summed E-state index contributed by atoms with van der Waals surface area (Å²) in [6.07, 6.45) is 1.84. The van der Waals surface area contributed by atoms with Crippen LogP contribution in [0.2, 0.25) is 10.0 Å². The summed E-state index contributed by atoms with van der Waals surface area (Å²) < 4.78 is 29.2. The number of sulfonamides is 1. The van der Waals surface area contributed by atoms with Crippen LogP contribution in [0.4, 0.5) is 5.69 Å². The van der Waals surface area contributed by atoms with Crippen molar-refractivity contribution in [3.63, 3.8) is 0 Å². The molecule has 1 atom stereocenters. The normalized spacial score (nSPS) is 11.9. The van der Waals surface area contributed by atoms with Crippen molar-refractivity contribution in [2.45, 2.75) is 50.6 Å². The van der Waals surface area contributed by atoms with Crippen molar-refractivity contribution in [3.05, 3.63) is 130 Å². The molecular formula is C35H37Cl2N3O4S. The molecule has 0 aliphatic rings. The van der Waals surface area contributed by atoms with Crippen LogP contribution in [0.15, 0.2) is 108 Å². The third-order valence-electron chi connectivity index (χ3n) is 7.42. The molecule has 1 unspecified atom stereocenters. The van der Waals surface area contributed by atoms with E-state index in [-0.39, 0.29) is 23.8 Å². The Labute approximate surface area is 275 Å². The standard InChI is InChI=1S/C35H37Cl2N3O4S/c1-3-4-22-38-35(42)33(23-27-12-7-5-8-13-27)39(24-30-31(36)16-11-17-32(30)37)34(41)25-40(28-14-9-6-10-15-28)45(43,44)29-20-18-26(2)19-21-29/h5-21,33H,3-4,22-25H2,1-2H3,(H,38,42). The van der Waals surface area contributed by atoms with Crippen LogP contribution in [0.5, 0.6) is 0 Å². The maximum atomic E-state index is 14.5. The zero-order chi connectivity index (χ0) is 32.4. The van der Waals surface area contributed by atoms with Gasteiger partial charge in [-0.1, -0.05) is 109 Å². The quantitative estimate of drug-likeness (QED) is 0.146. The first-order chi connectivity index (χ1) is 21.6. The molecule has 2 amide bonds. The predicted octanol–water partition coefficient (Wildman–Crippen LogP) is 7.05. The number of hydrogen-bond donors (Lipinski definition) is 1. The number of amides is 2. The molecule has 0 saturated heterocycles. The summed E-state index contributed by atoms with van der Waals surface area (Å²) in [4.78, 5) is 29.8. The van der Waals surface area contributed by atoms with Crippen molar-refractivity contribution in [1.82, 2.24) is 10.2 Å². The molecule has 7 nitrogen and oxygen atoms in total. The van der Waals surface area contributed by atoms with E-state index >= 15 is 0 Å². The molecule has 0 bridgehead atoms. The van der Waals surface area contributed by atoms with Crippen molar-refractivity contribution < 1.29 is 18.0 Å². The maximum Gasteiger partial charge on any atom is 0.264 e. The highest BCUT2D eigenvalue weighted by molar-refractivity contribution is 7.92. The molecule has 0 fully saturated rings. The lowest BCUT2D eigenvalue weighted by atomic mass is 10.0. The van der Waals surface area contributed by atoms with Crippen molar-refractivity contribution in [1.29, 1.82) is 0 Å². The number of aryl methyl sites for hydroxylation is 1. The lowest BCUT2D eigenvalue weighted by Gasteiger charge is -2.34. The lowest BCUT2D eigenvalue weighted by Crippen LogP contribution is -2.53. The molecule has 1 N–H and O–H groups in total. The molecule has 236 valence electrons. The minimum atomic E-state index is -4.18. The molecule has 0 heterocycles. The summed E-state index contributed by atoms with van der Waals surface area (Å²) >= 11 is 13.1. The number of para-hydroxylation sites is 1. The number of carbonyl (C=O) groups excluding carboxylic acids is 2. The molecule has 0 spiro atoms. The van der Waals surface area contributed by atoms with Crippen LogP contribution in [-0.2, 0) is 32.6 Å². The number of carbonyl (C=O) groups is 2. The Hall–Kier alpha value is -3.85. The van der Waals surface area contributed by atoms with Crippen LogP contribution < -0.4 is 9.62 Å². The molecule has 0 saturated carbocycles. The second-order valence-corrected chi connectivity index (χ2v) is 13.4. The average molecular weight is 667 g/mol. The van der Waals surface area contributed by atoms with Gasteiger partial charge in [0.15, 0.2) is 0 Å². The van der Waals surface area contributed by atoms with E-state index in [4.69, 9.17) is 23.2 Å². The molecule has 10 heteroatoms. The first-order valence-electron chi connectivity index (χ1n) is 14.8. The van der Waals surface area contributed by atoms with Crippen molar-refractivity contribution in [2.24, 2.45) is 0 Å². The van der Waals surface area contributed by atoms with Gasteiger partial charge in [-0.3, -0.25) is 13.9 Å². The Morgan fingerprint density at radius 2 is 1.42 bits per heavy atom. The third kappa shape index (κ3) is 8.87. The van der Waals surface area contributed by atoms with E-state index in [1.54, 1.807) is 60.7 Å². The summed E-state index contributed by atoms with van der Waals surface area (Å²) in [6.45, 7) is 3.66. The lowest BCUT2D eigenvalue weighted by molar-refractivity contribution is -0.140. The number of unbranched alkanes of at least 4 members (excludes halogenated alkanes) is 1. The summed E-state index contributed by atoms with van der Waals surface area (Å²) in [6, 6.07) is 28.3. The SMILES string of the molecule is CCCCNC(=O)C(Cc1ccccc1)N(Cc1c(Cl)cccc1Cl)C(=O)CN(c1ccccc1)S(=O)(=O)c1ccc(C)cc1. The Balaban J connectivity index is 1.80. The van der Waals surface area contributed by atoms with Gasteiger partial charge in [0.2, 0.25) is 11.8 Å². The molecule has 0 aliphatic carbocycles. The molecule has 0 aromatic heterocycles. The van der Waals surface area contributed by atoms with Gasteiger partial charge in [-0.15, -0.1) is 0 Å². The van der Waals surface area contributed by atoms with Crippen molar-refractivity contribution in [3.8, 4) is 0 Å². The summed E-state index contributed by atoms with van der Waals surface area (Å²) in [5.41, 5.74) is 2.51. The third-order valence-corrected chi connectivity index (χ3v) is 9.92. The van der Waals surface area contributed by atoms with Crippen LogP contribution >= 0.6 is 23.2 Å². The van der Waals surface area contributed by atoms with Crippen LogP contribution in [0.25, 0.3) is 0 Å². The van der Waals surface area contributed by atoms with E-state index in [0.717, 1.165) is 28.3 Å². The van der Waals surface area contributed by atoms with Gasteiger partial charge in [0, 0.05) is 35.1 Å². The molecule has 45 heavy (non-hydrogen) atoms. The number of rotatable bonds is 14. The monoisotopic (exact) mass is 665 g/mol. The van der Waals surface area contributed by atoms with E-state index < -0.39 is 28.5 Å². The van der Waals surface area contributed by atoms with Gasteiger partial charge >= 0.3 is 0 Å². The summed E-state index contributed by atoms with van der Waals surface area (Å²) in [5, 5.41) is 3.63. The zero-order valence-corrected chi connectivity index (χ0v) is 27.7. The van der Waals surface area contributed by atoms with Gasteiger partial charge in [-0.05, 0) is 55.3 Å². The Bertz CT molecular complexity index is 1670. The Morgan fingerprint density at radius 3 is 2.02 bits per heavy atom. The second kappa shape index (κ2) is 15.9. The van der Waals surface area contributed by atoms with Gasteiger partial charge in [-0.2, -0.15) is 0 Å². The average Bonchev–Trinajstić information content (AvgIpc) is 3.03. The number of anilines is 1. The minimum absolute atomic E-state index is 0.0450. The van der Waals surface area contributed by atoms with E-state index in [9.17, 15) is 18.0 Å². The highest BCUT2D eigenvalue weighted by atomic mass is 35.5. The Morgan fingerprint density at radius 1 is 0.822 bits per heavy atom. The highest BCUT2D eigenvalue weighted by Gasteiger charge is 2.35. The van der Waals surface area contributed by atoms with Gasteiger partial charge in [0.25, 0.3) is 10.0 Å². The van der Waals surface area contributed by atoms with E-state index in [1.807, 2.05) is 44.2 Å². The van der Waals surface area contributed by atoms with Gasteiger partial charge in [0.05, 0.1) is 10.6 Å². The number of hydrogen-bond acceptors (Lipinski definition) is 4. The maximum absolute atomic E-state index is 14.5. The van der Waals surface area contributed by atoms with Crippen LogP contribution in [0.3, 0.4) is 0 Å². The van der Waals surface area contributed by atoms with Gasteiger partial charge < -0.3 is 10.2 Å². The van der Waals surface area contributed by atoms with Gasteiger partial charge in [0.1, 0.15) is 12.6 Å². The van der Waals surface area contributed by atoms with E-state index in [1.165, 1.54) is 17.0 Å². The van der Waals surface area contributed by atoms with Crippen LogP contribution in [-0.4, -0.2) is 44.3 Å². The number of nitrogens with one attached hydrogen (secondary N) is 1. The predicted molar refractivity (Wildman–Crippen MR) is 181 cm³/mol. The van der Waals surface area contributed by atoms with Crippen molar-refractivity contribution in [2.75, 3.05) is 17.4 Å². The fourth-order valence-corrected chi connectivity index (χ4v) is 6.81. The molecule has 0 radical (unpaired) electrons. The number of benzene rings is 4. The van der Waals surface area contributed by atoms with Crippen molar-refractivity contribution >= 4 is 50.7 Å². The highest BCUT2D eigenvalue weighted by Crippen LogP contribution is 2.29. The first-order valence-corrected chi connectivity index (χ1v) is 17.0. The van der Waals surface area contributed by atoms with Crippen LogP contribution in [0.1, 0.15) is 36.5 Å². The smallest absolute Gasteiger partial charge is 0.264 e. The summed E-state index contributed by atoms with van der Waals surface area (Å²) in [5.74, 6) is -0.936. The molecule has 0 aliphatic heterocycles. The molecule has 4 aromatic carbocycles. The van der Waals surface area contributed by atoms with E-state index in [2.05, 4.69) is 5.32 Å². The largest absolute Gasteiger partial charge is 0.354 e. The first kappa shape index (κ1) is 34.0. The fourth-order valence-electron chi connectivity index (χ4n) is 4.87. The Kier molecular flexibility index (Phi) is 12.0.